The minimum absolute atomic E-state index is 0.0206. The molecule has 3 aromatic carbocycles. The Bertz CT molecular complexity index is 2490. The molecule has 312 valence electrons. The van der Waals surface area contributed by atoms with Crippen molar-refractivity contribution in [2.75, 3.05) is 20.3 Å². The predicted molar refractivity (Wildman–Crippen MR) is 212 cm³/mol. The Kier molecular flexibility index (Phi) is 14.2. The average molecular weight is 827 g/mol. The molecule has 1 aliphatic heterocycles. The molecule has 0 saturated carbocycles. The topological polar surface area (TPSA) is 216 Å². The minimum Gasteiger partial charge on any atom is -0.486 e. The van der Waals surface area contributed by atoms with E-state index in [1.807, 2.05) is 0 Å². The molecule has 1 heterocycles. The summed E-state index contributed by atoms with van der Waals surface area (Å²) in [7, 11) is 1.12. The summed E-state index contributed by atoms with van der Waals surface area (Å²) in [5, 5.41) is 10.0. The van der Waals surface area contributed by atoms with Gasteiger partial charge in [0.1, 0.15) is 47.6 Å². The highest BCUT2D eigenvalue weighted by Crippen LogP contribution is 2.41. The second-order valence-corrected chi connectivity index (χ2v) is 13.9. The normalized spacial score (nSPS) is 12.5. The number of fused-ring (bicyclic) bond motifs is 2. The number of ether oxygens (including phenoxy) is 2. The zero-order valence-electron chi connectivity index (χ0n) is 32.8. The highest BCUT2D eigenvalue weighted by atomic mass is 19.1. The first-order valence-electron chi connectivity index (χ1n) is 18.5. The Morgan fingerprint density at radius 2 is 1.57 bits per heavy atom. The Labute approximate surface area is 341 Å². The molecule has 1 aliphatic carbocycles. The van der Waals surface area contributed by atoms with Crippen LogP contribution >= 0.6 is 0 Å². The second kappa shape index (κ2) is 19.4. The van der Waals surface area contributed by atoms with Crippen LogP contribution in [0.3, 0.4) is 0 Å². The summed E-state index contributed by atoms with van der Waals surface area (Å²) in [6.07, 6.45) is -0.0650. The van der Waals surface area contributed by atoms with Crippen LogP contribution in [0.15, 0.2) is 88.1 Å². The van der Waals surface area contributed by atoms with Gasteiger partial charge in [0, 0.05) is 33.7 Å². The Balaban J connectivity index is 1.23. The van der Waals surface area contributed by atoms with Crippen LogP contribution in [0.1, 0.15) is 47.9 Å². The number of methoxy groups -OCH3 is 1. The lowest BCUT2D eigenvalue weighted by molar-refractivity contribution is -0.143. The monoisotopic (exact) mass is 826 g/mol. The highest BCUT2D eigenvalue weighted by Gasteiger charge is 2.31. The van der Waals surface area contributed by atoms with Gasteiger partial charge in [-0.1, -0.05) is 38.1 Å². The molecule has 0 bridgehead atoms. The minimum atomic E-state index is -1.34. The molecule has 4 amide bonds. The number of amides is 4. The van der Waals surface area contributed by atoms with Crippen molar-refractivity contribution in [1.29, 1.82) is 0 Å². The Morgan fingerprint density at radius 3 is 2.25 bits per heavy atom. The molecule has 0 radical (unpaired) electrons. The Hall–Kier alpha value is -7.30. The molecule has 0 spiro atoms. The first-order chi connectivity index (χ1) is 28.6. The van der Waals surface area contributed by atoms with Gasteiger partial charge in [0.2, 0.25) is 23.2 Å². The number of para-hydroxylation sites is 1. The van der Waals surface area contributed by atoms with Gasteiger partial charge in [-0.2, -0.15) is 0 Å². The molecule has 0 fully saturated rings. The standard InChI is InChI=1S/C43H40F2N4O11/c1-22(2)40(43(57)47-23(3)41(55)48-32(17-38(54)58-4)34(52)21-59-27-8-6-5-7-9-27)49-37(53)19-46-42(56)24-10-12-28(25(14-24)20-50)39-29-15-26(44)11-13-35(29)60-36-18-33(51)31(45)16-30(36)39/h5-16,18,20,22-23,32,40H,17,19,21H2,1-4H3,(H,46,56)(H,47,57)(H,48,55)(H,49,53). The average Bonchev–Trinajstić information content (AvgIpc) is 3.23. The second-order valence-electron chi connectivity index (χ2n) is 13.9. The number of hydrogen-bond donors (Lipinski definition) is 4. The zero-order chi connectivity index (χ0) is 43.7. The first kappa shape index (κ1) is 43.8. The van der Waals surface area contributed by atoms with Crippen molar-refractivity contribution in [3.63, 3.8) is 0 Å². The van der Waals surface area contributed by atoms with E-state index in [0.29, 0.717) is 12.0 Å². The third kappa shape index (κ3) is 10.6. The number of benzene rings is 4. The van der Waals surface area contributed by atoms with Crippen LogP contribution in [0.25, 0.3) is 33.4 Å². The number of esters is 1. The van der Waals surface area contributed by atoms with Crippen LogP contribution in [0.5, 0.6) is 5.75 Å². The Morgan fingerprint density at radius 1 is 0.833 bits per heavy atom. The number of hydrogen-bond acceptors (Lipinski definition) is 11. The van der Waals surface area contributed by atoms with Gasteiger partial charge in [0.05, 0.1) is 20.1 Å². The summed E-state index contributed by atoms with van der Waals surface area (Å²) < 4.78 is 44.8. The van der Waals surface area contributed by atoms with Crippen molar-refractivity contribution in [3.05, 3.63) is 112 Å². The lowest BCUT2D eigenvalue weighted by Crippen LogP contribution is -2.57. The number of halogens is 2. The maximum Gasteiger partial charge on any atom is 0.308 e. The molecule has 2 aliphatic rings. The number of rotatable bonds is 17. The maximum absolute atomic E-state index is 14.5. The molecule has 0 saturated heterocycles. The molecular weight excluding hydrogens is 786 g/mol. The SMILES string of the molecule is COC(=O)CC(NC(=O)C(C)NC(=O)C(NC(=O)CNC(=O)c1ccc(-c2c3cc(F)c(=O)cc-3oc3ccc(F)cc23)c(C=O)c1)C(C)C)C(=O)COc1ccccc1. The third-order valence-electron chi connectivity index (χ3n) is 9.30. The summed E-state index contributed by atoms with van der Waals surface area (Å²) in [6, 6.07) is 14.0. The summed E-state index contributed by atoms with van der Waals surface area (Å²) in [6.45, 7) is 3.51. The quantitative estimate of drug-likeness (QED) is 0.0602. The number of carbonyl (C=O) groups is 7. The zero-order valence-corrected chi connectivity index (χ0v) is 32.8. The van der Waals surface area contributed by atoms with Gasteiger partial charge in [-0.05, 0) is 66.9 Å². The number of Topliss-reactive ketones (excluding diaryl/α,β-unsaturated/α-hetero) is 1. The van der Waals surface area contributed by atoms with Gasteiger partial charge in [0.15, 0.2) is 17.9 Å². The smallest absolute Gasteiger partial charge is 0.308 e. The van der Waals surface area contributed by atoms with Gasteiger partial charge in [0.25, 0.3) is 5.91 Å². The van der Waals surface area contributed by atoms with Crippen molar-refractivity contribution in [2.45, 2.75) is 45.3 Å². The molecule has 17 heteroatoms. The van der Waals surface area contributed by atoms with Crippen molar-refractivity contribution < 1.29 is 56.2 Å². The van der Waals surface area contributed by atoms with Crippen molar-refractivity contribution in [2.24, 2.45) is 5.92 Å². The van der Waals surface area contributed by atoms with Gasteiger partial charge >= 0.3 is 5.97 Å². The van der Waals surface area contributed by atoms with Crippen LogP contribution in [0.2, 0.25) is 0 Å². The van der Waals surface area contributed by atoms with Crippen molar-refractivity contribution in [3.8, 4) is 28.2 Å². The molecular formula is C43H40F2N4O11. The van der Waals surface area contributed by atoms with Crippen LogP contribution in [0, 0.1) is 17.6 Å². The molecule has 15 nitrogen and oxygen atoms in total. The van der Waals surface area contributed by atoms with Gasteiger partial charge < -0.3 is 35.2 Å². The highest BCUT2D eigenvalue weighted by molar-refractivity contribution is 6.07. The van der Waals surface area contributed by atoms with Crippen LogP contribution in [-0.4, -0.2) is 80.1 Å². The third-order valence-corrected chi connectivity index (χ3v) is 9.30. The van der Waals surface area contributed by atoms with Crippen molar-refractivity contribution >= 4 is 52.6 Å². The van der Waals surface area contributed by atoms with Crippen LogP contribution in [-0.2, 0) is 28.7 Å². The fourth-order valence-corrected chi connectivity index (χ4v) is 6.14. The van der Waals surface area contributed by atoms with E-state index in [2.05, 4.69) is 26.0 Å². The van der Waals surface area contributed by atoms with E-state index in [4.69, 9.17) is 9.15 Å². The summed E-state index contributed by atoms with van der Waals surface area (Å²) in [5.41, 5.74) is -0.504. The molecule has 0 aromatic heterocycles. The molecule has 60 heavy (non-hydrogen) atoms. The van der Waals surface area contributed by atoms with Gasteiger partial charge in [-0.25, -0.2) is 8.78 Å². The molecule has 3 aromatic rings. The molecule has 4 N–H and O–H groups in total. The maximum atomic E-state index is 14.5. The molecule has 5 rings (SSSR count). The number of ketones is 1. The fourth-order valence-electron chi connectivity index (χ4n) is 6.14. The summed E-state index contributed by atoms with van der Waals surface area (Å²) in [5.74, 6) is -6.44. The molecule has 3 atom stereocenters. The number of carbonyl (C=O) groups excluding carboxylic acids is 7. The van der Waals surface area contributed by atoms with Gasteiger partial charge in [-0.15, -0.1) is 0 Å². The van der Waals surface area contributed by atoms with Crippen LogP contribution < -0.4 is 31.4 Å². The largest absolute Gasteiger partial charge is 0.486 e. The molecule has 3 unspecified atom stereocenters. The van der Waals surface area contributed by atoms with E-state index in [1.54, 1.807) is 44.2 Å². The fraction of sp³-hybridized carbons (Fsp3) is 0.256. The van der Waals surface area contributed by atoms with E-state index in [0.717, 1.165) is 31.4 Å². The number of aldehydes is 1. The van der Waals surface area contributed by atoms with E-state index in [-0.39, 0.29) is 44.5 Å². The predicted octanol–water partition coefficient (Wildman–Crippen LogP) is 3.73. The first-order valence-corrected chi connectivity index (χ1v) is 18.5. The lowest BCUT2D eigenvalue weighted by Gasteiger charge is -2.25. The van der Waals surface area contributed by atoms with E-state index < -0.39 is 96.1 Å². The summed E-state index contributed by atoms with van der Waals surface area (Å²) in [4.78, 5) is 102. The lowest BCUT2D eigenvalue weighted by atomic mass is 9.90. The van der Waals surface area contributed by atoms with E-state index in [9.17, 15) is 47.1 Å². The van der Waals surface area contributed by atoms with E-state index >= 15 is 0 Å². The number of nitrogens with one attached hydrogen (secondary N) is 4. The van der Waals surface area contributed by atoms with Crippen molar-refractivity contribution in [1.82, 2.24) is 21.3 Å². The van der Waals surface area contributed by atoms with Gasteiger partial charge in [-0.3, -0.25) is 38.4 Å². The summed E-state index contributed by atoms with van der Waals surface area (Å²) >= 11 is 0. The van der Waals surface area contributed by atoms with Crippen LogP contribution in [0.4, 0.5) is 8.78 Å². The van der Waals surface area contributed by atoms with E-state index in [1.165, 1.54) is 31.2 Å².